The molecule has 2 rings (SSSR count). The molecule has 3 unspecified atom stereocenters. The molecule has 1 aliphatic heterocycles. The smallest absolute Gasteiger partial charge is 0.215 e. The lowest BCUT2D eigenvalue weighted by atomic mass is 10.1. The van der Waals surface area contributed by atoms with Crippen LogP contribution >= 0.6 is 0 Å². The summed E-state index contributed by atoms with van der Waals surface area (Å²) in [5.74, 6) is 0. The molecule has 1 saturated heterocycles. The molecule has 1 saturated carbocycles. The number of nitrogens with one attached hydrogen (secondary N) is 2. The minimum atomic E-state index is -3.26. The molecule has 0 aromatic rings. The van der Waals surface area contributed by atoms with E-state index in [2.05, 4.69) is 10.0 Å². The maximum Gasteiger partial charge on any atom is 0.215 e. The molecule has 0 aromatic heterocycles. The molecule has 6 heteroatoms. The average molecular weight is 276 g/mol. The fourth-order valence-corrected chi connectivity index (χ4v) is 3.40. The zero-order valence-corrected chi connectivity index (χ0v) is 12.0. The van der Waals surface area contributed by atoms with E-state index in [0.29, 0.717) is 12.6 Å². The number of hydrogen-bond acceptors (Lipinski definition) is 4. The second-order valence-corrected chi connectivity index (χ2v) is 7.63. The molecular formula is C12H24N2O3S. The summed E-state index contributed by atoms with van der Waals surface area (Å²) in [4.78, 5) is 0. The predicted octanol–water partition coefficient (Wildman–Crippen LogP) is 0.614. The van der Waals surface area contributed by atoms with Crippen LogP contribution in [0.2, 0.25) is 0 Å². The normalized spacial score (nSPS) is 28.2. The van der Waals surface area contributed by atoms with Gasteiger partial charge in [0.05, 0.1) is 11.4 Å². The highest BCUT2D eigenvalue weighted by molar-refractivity contribution is 7.90. The number of sulfonamides is 1. The van der Waals surface area contributed by atoms with Crippen molar-refractivity contribution in [3.63, 3.8) is 0 Å². The lowest BCUT2D eigenvalue weighted by Gasteiger charge is -2.22. The summed E-state index contributed by atoms with van der Waals surface area (Å²) in [6.07, 6.45) is 4.34. The van der Waals surface area contributed by atoms with Crippen LogP contribution in [0, 0.1) is 0 Å². The van der Waals surface area contributed by atoms with E-state index in [9.17, 15) is 8.42 Å². The van der Waals surface area contributed by atoms with Gasteiger partial charge in [0.2, 0.25) is 10.0 Å². The first-order chi connectivity index (χ1) is 8.49. The molecule has 0 aromatic carbocycles. The molecule has 0 bridgehead atoms. The Morgan fingerprint density at radius 1 is 1.28 bits per heavy atom. The van der Waals surface area contributed by atoms with Crippen LogP contribution in [0.15, 0.2) is 0 Å². The molecule has 0 spiro atoms. The molecule has 2 aliphatic rings. The quantitative estimate of drug-likeness (QED) is 0.715. The summed E-state index contributed by atoms with van der Waals surface area (Å²) in [5.41, 5.74) is 0. The summed E-state index contributed by atoms with van der Waals surface area (Å²) in [6, 6.07) is 0.402. The Balaban J connectivity index is 1.80. The van der Waals surface area contributed by atoms with Crippen molar-refractivity contribution < 1.29 is 13.2 Å². The van der Waals surface area contributed by atoms with E-state index < -0.39 is 15.3 Å². The zero-order chi connectivity index (χ0) is 13.2. The summed E-state index contributed by atoms with van der Waals surface area (Å²) in [7, 11) is -3.26. The molecule has 1 heterocycles. The first-order valence-electron chi connectivity index (χ1n) is 6.85. The summed E-state index contributed by atoms with van der Waals surface area (Å²) in [5, 5.41) is 2.85. The molecule has 2 fully saturated rings. The molecule has 106 valence electrons. The highest BCUT2D eigenvalue weighted by Gasteiger charge is 2.30. The van der Waals surface area contributed by atoms with Gasteiger partial charge in [-0.3, -0.25) is 0 Å². The SMILES string of the molecule is CC(NS(=O)(=O)C(C)CNC1CC1)C1CCCO1. The lowest BCUT2D eigenvalue weighted by Crippen LogP contribution is -2.46. The molecule has 5 nitrogen and oxygen atoms in total. The van der Waals surface area contributed by atoms with Crippen molar-refractivity contribution in [2.45, 2.75) is 63.0 Å². The van der Waals surface area contributed by atoms with Gasteiger partial charge in [0.15, 0.2) is 0 Å². The van der Waals surface area contributed by atoms with Crippen LogP contribution in [0.25, 0.3) is 0 Å². The summed E-state index contributed by atoms with van der Waals surface area (Å²) < 4.78 is 32.5. The molecule has 3 atom stereocenters. The van der Waals surface area contributed by atoms with Crippen LogP contribution in [0.1, 0.15) is 39.5 Å². The van der Waals surface area contributed by atoms with E-state index in [1.54, 1.807) is 6.92 Å². The standard InChI is InChI=1S/C12H24N2O3S/c1-9(8-13-11-5-6-11)18(15,16)14-10(2)12-4-3-7-17-12/h9-14H,3-8H2,1-2H3. The number of hydrogen-bond donors (Lipinski definition) is 2. The molecule has 0 radical (unpaired) electrons. The van der Waals surface area contributed by atoms with Crippen LogP contribution in [0.5, 0.6) is 0 Å². The summed E-state index contributed by atoms with van der Waals surface area (Å²) >= 11 is 0. The lowest BCUT2D eigenvalue weighted by molar-refractivity contribution is 0.0901. The predicted molar refractivity (Wildman–Crippen MR) is 71.0 cm³/mol. The van der Waals surface area contributed by atoms with Crippen LogP contribution in [0.4, 0.5) is 0 Å². The minimum absolute atomic E-state index is 0.0309. The van der Waals surface area contributed by atoms with Crippen LogP contribution in [-0.4, -0.2) is 45.0 Å². The second kappa shape index (κ2) is 5.86. The molecular weight excluding hydrogens is 252 g/mol. The third-order valence-electron chi connectivity index (χ3n) is 3.67. The molecule has 0 amide bonds. The molecule has 18 heavy (non-hydrogen) atoms. The Labute approximate surface area is 110 Å². The van der Waals surface area contributed by atoms with E-state index >= 15 is 0 Å². The average Bonchev–Trinajstić information content (AvgIpc) is 2.96. The van der Waals surface area contributed by atoms with Gasteiger partial charge in [-0.15, -0.1) is 0 Å². The number of rotatable bonds is 7. The Morgan fingerprint density at radius 3 is 2.56 bits per heavy atom. The van der Waals surface area contributed by atoms with E-state index in [-0.39, 0.29) is 12.1 Å². The van der Waals surface area contributed by atoms with Crippen LogP contribution in [0.3, 0.4) is 0 Å². The van der Waals surface area contributed by atoms with Crippen molar-refractivity contribution in [2.24, 2.45) is 0 Å². The maximum absolute atomic E-state index is 12.1. The van der Waals surface area contributed by atoms with Gasteiger partial charge in [-0.25, -0.2) is 13.1 Å². The Bertz CT molecular complexity index is 362. The summed E-state index contributed by atoms with van der Waals surface area (Å²) in [6.45, 7) is 4.91. The minimum Gasteiger partial charge on any atom is -0.377 e. The van der Waals surface area contributed by atoms with Gasteiger partial charge in [0.1, 0.15) is 0 Å². The maximum atomic E-state index is 12.1. The van der Waals surface area contributed by atoms with Gasteiger partial charge in [0.25, 0.3) is 0 Å². The first kappa shape index (κ1) is 14.2. The topological polar surface area (TPSA) is 67.4 Å². The monoisotopic (exact) mass is 276 g/mol. The third kappa shape index (κ3) is 3.91. The Morgan fingerprint density at radius 2 is 2.00 bits per heavy atom. The van der Waals surface area contributed by atoms with Crippen LogP contribution in [-0.2, 0) is 14.8 Å². The molecule has 2 N–H and O–H groups in total. The Hall–Kier alpha value is -0.170. The van der Waals surface area contributed by atoms with Gasteiger partial charge in [0, 0.05) is 25.2 Å². The van der Waals surface area contributed by atoms with Crippen molar-refractivity contribution in [1.29, 1.82) is 0 Å². The van der Waals surface area contributed by atoms with Crippen molar-refractivity contribution in [3.05, 3.63) is 0 Å². The highest BCUT2D eigenvalue weighted by atomic mass is 32.2. The van der Waals surface area contributed by atoms with Crippen molar-refractivity contribution >= 4 is 10.0 Å². The first-order valence-corrected chi connectivity index (χ1v) is 8.40. The Kier molecular flexibility index (Phi) is 4.64. The largest absolute Gasteiger partial charge is 0.377 e. The van der Waals surface area contributed by atoms with E-state index in [0.717, 1.165) is 19.4 Å². The fourth-order valence-electron chi connectivity index (χ4n) is 2.18. The van der Waals surface area contributed by atoms with Gasteiger partial charge in [-0.05, 0) is 39.5 Å². The van der Waals surface area contributed by atoms with E-state index in [4.69, 9.17) is 4.74 Å². The molecule has 1 aliphatic carbocycles. The second-order valence-electron chi connectivity index (χ2n) is 5.50. The zero-order valence-electron chi connectivity index (χ0n) is 11.2. The number of ether oxygens (including phenoxy) is 1. The highest BCUT2D eigenvalue weighted by Crippen LogP contribution is 2.19. The van der Waals surface area contributed by atoms with E-state index in [1.165, 1.54) is 12.8 Å². The van der Waals surface area contributed by atoms with Gasteiger partial charge >= 0.3 is 0 Å². The fraction of sp³-hybridized carbons (Fsp3) is 1.00. The van der Waals surface area contributed by atoms with E-state index in [1.807, 2.05) is 6.92 Å². The van der Waals surface area contributed by atoms with Crippen molar-refractivity contribution in [2.75, 3.05) is 13.2 Å². The van der Waals surface area contributed by atoms with Gasteiger partial charge in [-0.2, -0.15) is 0 Å². The van der Waals surface area contributed by atoms with Crippen molar-refractivity contribution in [1.82, 2.24) is 10.0 Å². The van der Waals surface area contributed by atoms with Gasteiger partial charge < -0.3 is 10.1 Å². The van der Waals surface area contributed by atoms with Crippen LogP contribution < -0.4 is 10.0 Å². The third-order valence-corrected chi connectivity index (χ3v) is 5.60. The van der Waals surface area contributed by atoms with Crippen molar-refractivity contribution in [3.8, 4) is 0 Å². The van der Waals surface area contributed by atoms with Gasteiger partial charge in [-0.1, -0.05) is 0 Å².